The monoisotopic (exact) mass is 441 g/mol. The van der Waals surface area contributed by atoms with E-state index in [9.17, 15) is 18.8 Å². The Kier molecular flexibility index (Phi) is 8.19. The number of piperidine rings is 1. The predicted molar refractivity (Wildman–Crippen MR) is 117 cm³/mol. The summed E-state index contributed by atoms with van der Waals surface area (Å²) in [5, 5.41) is 0. The molecule has 1 heterocycles. The van der Waals surface area contributed by atoms with Crippen molar-refractivity contribution in [3.63, 3.8) is 0 Å². The van der Waals surface area contributed by atoms with Crippen molar-refractivity contribution in [1.29, 1.82) is 0 Å². The van der Waals surface area contributed by atoms with Crippen LogP contribution >= 0.6 is 0 Å². The van der Waals surface area contributed by atoms with Crippen LogP contribution in [-0.4, -0.2) is 42.3 Å². The molecule has 2 aromatic rings. The van der Waals surface area contributed by atoms with Crippen LogP contribution in [-0.2, 0) is 27.2 Å². The van der Waals surface area contributed by atoms with E-state index < -0.39 is 11.8 Å². The highest BCUT2D eigenvalue weighted by molar-refractivity contribution is 5.85. The topological polar surface area (TPSA) is 87.7 Å². The average molecular weight is 442 g/mol. The zero-order valence-electron chi connectivity index (χ0n) is 18.1. The second-order valence-electron chi connectivity index (χ2n) is 7.77. The molecule has 7 nitrogen and oxygen atoms in total. The van der Waals surface area contributed by atoms with E-state index in [-0.39, 0.29) is 37.2 Å². The SMILES string of the molecule is CCc1ccccc1OCC(=O)NNC(=O)C1CCCN(C(=O)Cc2ccc(F)cc2)C1. The van der Waals surface area contributed by atoms with Gasteiger partial charge in [0.2, 0.25) is 11.8 Å². The Morgan fingerprint density at radius 1 is 1.09 bits per heavy atom. The van der Waals surface area contributed by atoms with Crippen LogP contribution in [0, 0.1) is 11.7 Å². The van der Waals surface area contributed by atoms with E-state index in [4.69, 9.17) is 4.74 Å². The summed E-state index contributed by atoms with van der Waals surface area (Å²) in [6.45, 7) is 2.63. The fourth-order valence-electron chi connectivity index (χ4n) is 3.66. The predicted octanol–water partition coefficient (Wildman–Crippen LogP) is 2.40. The number of amides is 3. The Labute approximate surface area is 186 Å². The molecular weight excluding hydrogens is 413 g/mol. The molecule has 1 fully saturated rings. The summed E-state index contributed by atoms with van der Waals surface area (Å²) < 4.78 is 18.6. The molecule has 0 spiro atoms. The van der Waals surface area contributed by atoms with E-state index in [1.54, 1.807) is 23.1 Å². The van der Waals surface area contributed by atoms with Gasteiger partial charge in [-0.3, -0.25) is 25.2 Å². The molecule has 1 aliphatic rings. The number of carbonyl (C=O) groups excluding carboxylic acids is 3. The minimum atomic E-state index is -0.468. The first-order valence-corrected chi connectivity index (χ1v) is 10.8. The molecule has 3 amide bonds. The van der Waals surface area contributed by atoms with Gasteiger partial charge in [-0.05, 0) is 48.6 Å². The highest BCUT2D eigenvalue weighted by Gasteiger charge is 2.28. The number of nitrogens with zero attached hydrogens (tertiary/aromatic N) is 1. The van der Waals surface area contributed by atoms with Gasteiger partial charge in [0.05, 0.1) is 12.3 Å². The van der Waals surface area contributed by atoms with Crippen molar-refractivity contribution in [3.05, 3.63) is 65.5 Å². The Hall–Kier alpha value is -3.42. The molecular formula is C24H28FN3O4. The molecule has 0 aromatic heterocycles. The number of aryl methyl sites for hydroxylation is 1. The maximum Gasteiger partial charge on any atom is 0.276 e. The summed E-state index contributed by atoms with van der Waals surface area (Å²) in [4.78, 5) is 38.8. The number of carbonyl (C=O) groups is 3. The second kappa shape index (κ2) is 11.3. The summed E-state index contributed by atoms with van der Waals surface area (Å²) in [5.74, 6) is -1.04. The number of rotatable bonds is 7. The quantitative estimate of drug-likeness (QED) is 0.646. The molecule has 32 heavy (non-hydrogen) atoms. The van der Waals surface area contributed by atoms with Gasteiger partial charge < -0.3 is 9.64 Å². The van der Waals surface area contributed by atoms with E-state index >= 15 is 0 Å². The number of hydrogen-bond acceptors (Lipinski definition) is 4. The van der Waals surface area contributed by atoms with Crippen molar-refractivity contribution in [3.8, 4) is 5.75 Å². The first kappa shape index (κ1) is 23.2. The molecule has 1 aliphatic heterocycles. The van der Waals surface area contributed by atoms with E-state index in [0.29, 0.717) is 25.1 Å². The molecule has 3 rings (SSSR count). The summed E-state index contributed by atoms with van der Waals surface area (Å²) in [7, 11) is 0. The summed E-state index contributed by atoms with van der Waals surface area (Å²) >= 11 is 0. The largest absolute Gasteiger partial charge is 0.483 e. The third kappa shape index (κ3) is 6.54. The molecule has 1 atom stereocenters. The lowest BCUT2D eigenvalue weighted by Crippen LogP contribution is -2.51. The van der Waals surface area contributed by atoms with Crippen LogP contribution in [0.25, 0.3) is 0 Å². The van der Waals surface area contributed by atoms with Crippen LogP contribution in [0.1, 0.15) is 30.9 Å². The number of likely N-dealkylation sites (tertiary alicyclic amines) is 1. The second-order valence-corrected chi connectivity index (χ2v) is 7.77. The fourth-order valence-corrected chi connectivity index (χ4v) is 3.66. The summed E-state index contributed by atoms with van der Waals surface area (Å²) in [6.07, 6.45) is 2.26. The third-order valence-corrected chi connectivity index (χ3v) is 5.45. The first-order valence-electron chi connectivity index (χ1n) is 10.8. The summed E-state index contributed by atoms with van der Waals surface area (Å²) in [6, 6.07) is 13.3. The van der Waals surface area contributed by atoms with Crippen LogP contribution < -0.4 is 15.6 Å². The van der Waals surface area contributed by atoms with Gasteiger partial charge in [-0.1, -0.05) is 37.3 Å². The minimum absolute atomic E-state index is 0.110. The van der Waals surface area contributed by atoms with Crippen LogP contribution in [0.3, 0.4) is 0 Å². The first-order chi connectivity index (χ1) is 15.5. The zero-order valence-corrected chi connectivity index (χ0v) is 18.1. The molecule has 0 radical (unpaired) electrons. The summed E-state index contributed by atoms with van der Waals surface area (Å²) in [5.41, 5.74) is 6.53. The van der Waals surface area contributed by atoms with Gasteiger partial charge in [-0.25, -0.2) is 4.39 Å². The molecule has 2 aromatic carbocycles. The Balaban J connectivity index is 1.43. The standard InChI is InChI=1S/C24H28FN3O4/c1-2-18-6-3-4-8-21(18)32-16-22(29)26-27-24(31)19-7-5-13-28(15-19)23(30)14-17-9-11-20(25)12-10-17/h3-4,6,8-12,19H,2,5,7,13-16H2,1H3,(H,26,29)(H,27,31). The Morgan fingerprint density at radius 3 is 2.59 bits per heavy atom. The third-order valence-electron chi connectivity index (χ3n) is 5.45. The number of nitrogens with one attached hydrogen (secondary N) is 2. The van der Waals surface area contributed by atoms with Crippen LogP contribution in [0.15, 0.2) is 48.5 Å². The molecule has 0 saturated carbocycles. The van der Waals surface area contributed by atoms with E-state index in [2.05, 4.69) is 10.9 Å². The Bertz CT molecular complexity index is 949. The van der Waals surface area contributed by atoms with E-state index in [1.807, 2.05) is 25.1 Å². The van der Waals surface area contributed by atoms with Crippen molar-refractivity contribution in [2.45, 2.75) is 32.6 Å². The van der Waals surface area contributed by atoms with Crippen molar-refractivity contribution >= 4 is 17.7 Å². The van der Waals surface area contributed by atoms with Gasteiger partial charge in [-0.15, -0.1) is 0 Å². The maximum absolute atomic E-state index is 13.0. The molecule has 1 saturated heterocycles. The van der Waals surface area contributed by atoms with Gasteiger partial charge in [0.25, 0.3) is 5.91 Å². The van der Waals surface area contributed by atoms with Crippen LogP contribution in [0.4, 0.5) is 4.39 Å². The van der Waals surface area contributed by atoms with Gasteiger partial charge in [0, 0.05) is 13.1 Å². The van der Waals surface area contributed by atoms with Crippen LogP contribution in [0.5, 0.6) is 5.75 Å². The molecule has 0 bridgehead atoms. The van der Waals surface area contributed by atoms with Crippen molar-refractivity contribution in [1.82, 2.24) is 15.8 Å². The zero-order chi connectivity index (χ0) is 22.9. The van der Waals surface area contributed by atoms with Crippen molar-refractivity contribution in [2.24, 2.45) is 5.92 Å². The highest BCUT2D eigenvalue weighted by atomic mass is 19.1. The lowest BCUT2D eigenvalue weighted by Gasteiger charge is -2.32. The number of benzene rings is 2. The van der Waals surface area contributed by atoms with Gasteiger partial charge in [0.15, 0.2) is 6.61 Å². The maximum atomic E-state index is 13.0. The van der Waals surface area contributed by atoms with Crippen LogP contribution in [0.2, 0.25) is 0 Å². The number of halogens is 1. The molecule has 170 valence electrons. The molecule has 1 unspecified atom stereocenters. The number of ether oxygens (including phenoxy) is 1. The Morgan fingerprint density at radius 2 is 1.84 bits per heavy atom. The van der Waals surface area contributed by atoms with E-state index in [0.717, 1.165) is 17.5 Å². The van der Waals surface area contributed by atoms with Gasteiger partial charge in [0.1, 0.15) is 11.6 Å². The number of hydrogen-bond donors (Lipinski definition) is 2. The number of hydrazine groups is 1. The average Bonchev–Trinajstić information content (AvgIpc) is 2.82. The molecule has 8 heteroatoms. The van der Waals surface area contributed by atoms with E-state index in [1.165, 1.54) is 12.1 Å². The lowest BCUT2D eigenvalue weighted by molar-refractivity contribution is -0.137. The molecule has 2 N–H and O–H groups in total. The molecule has 0 aliphatic carbocycles. The van der Waals surface area contributed by atoms with Gasteiger partial charge in [-0.2, -0.15) is 0 Å². The normalized spacial score (nSPS) is 15.7. The number of para-hydroxylation sites is 1. The fraction of sp³-hybridized carbons (Fsp3) is 0.375. The highest BCUT2D eigenvalue weighted by Crippen LogP contribution is 2.19. The van der Waals surface area contributed by atoms with Gasteiger partial charge >= 0.3 is 0 Å². The smallest absolute Gasteiger partial charge is 0.276 e. The van der Waals surface area contributed by atoms with Crippen molar-refractivity contribution < 1.29 is 23.5 Å². The van der Waals surface area contributed by atoms with Crippen molar-refractivity contribution in [2.75, 3.05) is 19.7 Å². The lowest BCUT2D eigenvalue weighted by atomic mass is 9.97. The minimum Gasteiger partial charge on any atom is -0.483 e.